The minimum atomic E-state index is -4.53. The van der Waals surface area contributed by atoms with Gasteiger partial charge in [0.05, 0.1) is 18.0 Å². The third-order valence-corrected chi connectivity index (χ3v) is 6.05. The molecule has 0 aromatic carbocycles. The summed E-state index contributed by atoms with van der Waals surface area (Å²) in [6, 6.07) is 1.75. The van der Waals surface area contributed by atoms with Gasteiger partial charge in [0, 0.05) is 32.3 Å². The molecule has 0 saturated carbocycles. The Hall–Kier alpha value is -3.38. The molecule has 2 saturated heterocycles. The molecule has 2 aliphatic rings. The maximum Gasteiger partial charge on any atom is 0.416 e. The molecule has 5 heterocycles. The predicted octanol–water partition coefficient (Wildman–Crippen LogP) is 2.99. The zero-order valence-electron chi connectivity index (χ0n) is 17.1. The summed E-state index contributed by atoms with van der Waals surface area (Å²) in [7, 11) is 0. The van der Waals surface area contributed by atoms with Crippen LogP contribution in [0.25, 0.3) is 11.2 Å². The number of amides is 1. The van der Waals surface area contributed by atoms with Crippen molar-refractivity contribution < 1.29 is 26.7 Å². The number of anilines is 2. The van der Waals surface area contributed by atoms with Gasteiger partial charge in [-0.05, 0) is 24.0 Å². The van der Waals surface area contributed by atoms with E-state index in [0.29, 0.717) is 24.4 Å². The molecular formula is C20H18F5N7O. The van der Waals surface area contributed by atoms with Crippen molar-refractivity contribution in [2.45, 2.75) is 25.6 Å². The van der Waals surface area contributed by atoms with Crippen LogP contribution >= 0.6 is 0 Å². The number of alkyl halides is 5. The van der Waals surface area contributed by atoms with Gasteiger partial charge in [0.25, 0.3) is 6.43 Å². The van der Waals surface area contributed by atoms with Crippen molar-refractivity contribution in [3.05, 3.63) is 36.3 Å². The fourth-order valence-electron chi connectivity index (χ4n) is 4.45. The Morgan fingerprint density at radius 2 is 1.85 bits per heavy atom. The van der Waals surface area contributed by atoms with E-state index in [4.69, 9.17) is 0 Å². The first kappa shape index (κ1) is 21.5. The van der Waals surface area contributed by atoms with Crippen LogP contribution in [0.3, 0.4) is 0 Å². The highest BCUT2D eigenvalue weighted by Crippen LogP contribution is 2.37. The molecule has 2 unspecified atom stereocenters. The predicted molar refractivity (Wildman–Crippen MR) is 107 cm³/mol. The van der Waals surface area contributed by atoms with E-state index in [-0.39, 0.29) is 42.2 Å². The molecule has 13 heteroatoms. The number of rotatable bonds is 4. The van der Waals surface area contributed by atoms with E-state index in [1.54, 1.807) is 0 Å². The lowest BCUT2D eigenvalue weighted by molar-refractivity contribution is -0.137. The van der Waals surface area contributed by atoms with E-state index < -0.39 is 24.7 Å². The third kappa shape index (κ3) is 4.07. The second-order valence-electron chi connectivity index (χ2n) is 8.19. The molecule has 2 atom stereocenters. The highest BCUT2D eigenvalue weighted by molar-refractivity contribution is 5.93. The number of pyridine rings is 1. The molecule has 0 spiro atoms. The Labute approximate surface area is 184 Å². The van der Waals surface area contributed by atoms with Gasteiger partial charge in [-0.2, -0.15) is 18.3 Å². The molecule has 3 aromatic heterocycles. The molecule has 2 aliphatic heterocycles. The number of carbonyl (C=O) groups excluding carboxylic acids is 1. The van der Waals surface area contributed by atoms with Crippen LogP contribution in [-0.4, -0.2) is 56.7 Å². The second-order valence-corrected chi connectivity index (χ2v) is 8.19. The van der Waals surface area contributed by atoms with Crippen molar-refractivity contribution in [3.63, 3.8) is 0 Å². The maximum absolute atomic E-state index is 13.1. The van der Waals surface area contributed by atoms with E-state index in [2.05, 4.69) is 20.1 Å². The first-order chi connectivity index (χ1) is 15.7. The average molecular weight is 467 g/mol. The number of piperidine rings is 1. The largest absolute Gasteiger partial charge is 0.416 e. The Morgan fingerprint density at radius 1 is 1.06 bits per heavy atom. The van der Waals surface area contributed by atoms with E-state index in [1.807, 2.05) is 4.90 Å². The number of hydrogen-bond donors (Lipinski definition) is 0. The summed E-state index contributed by atoms with van der Waals surface area (Å²) in [5.74, 6) is 0.139. The van der Waals surface area contributed by atoms with Crippen LogP contribution in [0.1, 0.15) is 12.0 Å². The summed E-state index contributed by atoms with van der Waals surface area (Å²) in [5, 5.41) is 3.91. The molecule has 2 fully saturated rings. The van der Waals surface area contributed by atoms with Gasteiger partial charge in [0.2, 0.25) is 5.91 Å². The van der Waals surface area contributed by atoms with Crippen molar-refractivity contribution in [3.8, 4) is 0 Å². The fraction of sp³-hybridized carbons (Fsp3) is 0.450. The lowest BCUT2D eigenvalue weighted by Gasteiger charge is -2.33. The van der Waals surface area contributed by atoms with Crippen molar-refractivity contribution in [2.75, 3.05) is 29.4 Å². The summed E-state index contributed by atoms with van der Waals surface area (Å²) < 4.78 is 65.9. The molecule has 0 aliphatic carbocycles. The topological polar surface area (TPSA) is 80.0 Å². The number of hydrogen-bond acceptors (Lipinski definition) is 6. The number of aromatic nitrogens is 5. The van der Waals surface area contributed by atoms with Gasteiger partial charge in [-0.3, -0.25) is 9.69 Å². The minimum Gasteiger partial charge on any atom is -0.355 e. The zero-order valence-corrected chi connectivity index (χ0v) is 17.1. The quantitative estimate of drug-likeness (QED) is 0.549. The summed E-state index contributed by atoms with van der Waals surface area (Å²) >= 11 is 0. The summed E-state index contributed by atoms with van der Waals surface area (Å²) in [4.78, 5) is 28.6. The Balaban J connectivity index is 1.36. The number of carbonyl (C=O) groups is 1. The van der Waals surface area contributed by atoms with E-state index in [1.165, 1.54) is 17.3 Å². The van der Waals surface area contributed by atoms with Gasteiger partial charge in [-0.15, -0.1) is 0 Å². The molecule has 3 aromatic rings. The number of fused-ring (bicyclic) bond motifs is 2. The van der Waals surface area contributed by atoms with E-state index in [0.717, 1.165) is 23.0 Å². The van der Waals surface area contributed by atoms with Crippen molar-refractivity contribution in [1.82, 2.24) is 24.7 Å². The first-order valence-electron chi connectivity index (χ1n) is 10.2. The molecule has 1 amide bonds. The Morgan fingerprint density at radius 3 is 2.61 bits per heavy atom. The normalized spacial score (nSPS) is 21.3. The third-order valence-electron chi connectivity index (χ3n) is 6.05. The Bertz CT molecular complexity index is 1200. The number of halogens is 5. The summed E-state index contributed by atoms with van der Waals surface area (Å²) in [6.07, 6.45) is -3.00. The van der Waals surface area contributed by atoms with Gasteiger partial charge >= 0.3 is 6.18 Å². The van der Waals surface area contributed by atoms with Crippen LogP contribution in [0.2, 0.25) is 0 Å². The smallest absolute Gasteiger partial charge is 0.355 e. The van der Waals surface area contributed by atoms with Crippen LogP contribution in [0.4, 0.5) is 33.6 Å². The molecule has 33 heavy (non-hydrogen) atoms. The van der Waals surface area contributed by atoms with Crippen molar-refractivity contribution >= 4 is 28.7 Å². The lowest BCUT2D eigenvalue weighted by Crippen LogP contribution is -2.44. The molecule has 8 nitrogen and oxygen atoms in total. The van der Waals surface area contributed by atoms with Crippen molar-refractivity contribution in [2.24, 2.45) is 11.8 Å². The zero-order chi connectivity index (χ0) is 23.3. The van der Waals surface area contributed by atoms with Crippen LogP contribution in [-0.2, 0) is 17.5 Å². The number of nitrogens with zero attached hydrogens (tertiary/aromatic N) is 7. The van der Waals surface area contributed by atoms with E-state index in [9.17, 15) is 26.7 Å². The molecule has 5 rings (SSSR count). The van der Waals surface area contributed by atoms with E-state index >= 15 is 0 Å². The minimum absolute atomic E-state index is 0.0111. The molecule has 0 radical (unpaired) electrons. The van der Waals surface area contributed by atoms with Gasteiger partial charge in [-0.25, -0.2) is 28.4 Å². The van der Waals surface area contributed by atoms with Gasteiger partial charge in [0.1, 0.15) is 23.7 Å². The van der Waals surface area contributed by atoms with Gasteiger partial charge in [-0.1, -0.05) is 0 Å². The van der Waals surface area contributed by atoms with Crippen LogP contribution in [0, 0.1) is 11.8 Å². The standard InChI is InChI=1S/C20H18F5N7O/c21-15(22)10-32-19-14(5-28-32)27-6-17(29-19)30-7-11-3-18(33)31(9-12(11)8-30)16-4-13(1-2-26-16)20(23,24)25/h1-2,4-6,11-12,15H,3,7-10H2. The molecule has 0 N–H and O–H groups in total. The second kappa shape index (κ2) is 7.89. The average Bonchev–Trinajstić information content (AvgIpc) is 3.35. The summed E-state index contributed by atoms with van der Waals surface area (Å²) in [5.41, 5.74) is -0.221. The van der Waals surface area contributed by atoms with Gasteiger partial charge < -0.3 is 4.90 Å². The SMILES string of the molecule is O=C1CC2CN(c3cnc4cnn(CC(F)F)c4n3)CC2CN1c1cc(C(F)(F)F)ccn1. The lowest BCUT2D eigenvalue weighted by atomic mass is 9.88. The monoisotopic (exact) mass is 467 g/mol. The van der Waals surface area contributed by atoms with Crippen LogP contribution in [0.5, 0.6) is 0 Å². The highest BCUT2D eigenvalue weighted by atomic mass is 19.4. The highest BCUT2D eigenvalue weighted by Gasteiger charge is 2.42. The van der Waals surface area contributed by atoms with Crippen LogP contribution in [0.15, 0.2) is 30.7 Å². The Kier molecular flexibility index (Phi) is 5.13. The maximum atomic E-state index is 13.1. The van der Waals surface area contributed by atoms with Gasteiger partial charge in [0.15, 0.2) is 5.65 Å². The van der Waals surface area contributed by atoms with Crippen molar-refractivity contribution in [1.29, 1.82) is 0 Å². The molecule has 174 valence electrons. The fourth-order valence-corrected chi connectivity index (χ4v) is 4.45. The van der Waals surface area contributed by atoms with Crippen LogP contribution < -0.4 is 9.80 Å². The first-order valence-corrected chi connectivity index (χ1v) is 10.2. The summed E-state index contributed by atoms with van der Waals surface area (Å²) in [6.45, 7) is 0.633. The molecule has 0 bridgehead atoms. The molecular weight excluding hydrogens is 449 g/mol.